The summed E-state index contributed by atoms with van der Waals surface area (Å²) in [4.78, 5) is 68.8. The molecule has 358 valence electrons. The number of hydrogen-bond donors (Lipinski definition) is 2. The maximum absolute atomic E-state index is 15.2. The molecule has 67 heavy (non-hydrogen) atoms. The van der Waals surface area contributed by atoms with Gasteiger partial charge in [0, 0.05) is 44.5 Å². The number of rotatable bonds is 24. The molecule has 3 unspecified atom stereocenters. The number of amides is 2. The van der Waals surface area contributed by atoms with E-state index in [-0.39, 0.29) is 55.5 Å². The van der Waals surface area contributed by atoms with Gasteiger partial charge >= 0.3 is 5.97 Å². The Morgan fingerprint density at radius 2 is 1.22 bits per heavy atom. The van der Waals surface area contributed by atoms with Crippen molar-refractivity contribution in [3.05, 3.63) is 141 Å². The van der Waals surface area contributed by atoms with Crippen LogP contribution in [0, 0.1) is 41.5 Å². The van der Waals surface area contributed by atoms with Gasteiger partial charge in [-0.15, -0.1) is 0 Å². The molecule has 4 aromatic rings. The van der Waals surface area contributed by atoms with Crippen LogP contribution in [0.3, 0.4) is 0 Å². The second-order valence-electron chi connectivity index (χ2n) is 15.8. The first-order valence-electron chi connectivity index (χ1n) is 21.9. The minimum Gasteiger partial charge on any atom is -0.460 e. The summed E-state index contributed by atoms with van der Waals surface area (Å²) >= 11 is 0. The molecule has 0 spiro atoms. The van der Waals surface area contributed by atoms with E-state index in [1.54, 1.807) is 148 Å². The lowest BCUT2D eigenvalue weighted by Gasteiger charge is -2.25. The van der Waals surface area contributed by atoms with E-state index >= 15 is 4.57 Å². The Labute approximate surface area is 393 Å². The number of aryl methyl sites for hydroxylation is 4. The van der Waals surface area contributed by atoms with Gasteiger partial charge in [-0.25, -0.2) is 4.79 Å². The Hall–Kier alpha value is -5.59. The van der Waals surface area contributed by atoms with E-state index in [1.165, 1.54) is 0 Å². The Balaban J connectivity index is 1.69. The Bertz CT molecular complexity index is 2570. The van der Waals surface area contributed by atoms with Crippen molar-refractivity contribution >= 4 is 65.3 Å². The molecule has 0 radical (unpaired) electrons. The van der Waals surface area contributed by atoms with Gasteiger partial charge in [0.15, 0.2) is 6.29 Å². The summed E-state index contributed by atoms with van der Waals surface area (Å²) in [5.41, 5.74) is 2.61. The fourth-order valence-corrected chi connectivity index (χ4v) is 12.3. The normalized spacial score (nSPS) is 13.5. The second kappa shape index (κ2) is 24.4. The van der Waals surface area contributed by atoms with Gasteiger partial charge in [0.2, 0.25) is 18.6 Å². The van der Waals surface area contributed by atoms with Gasteiger partial charge in [-0.1, -0.05) is 85.5 Å². The predicted molar refractivity (Wildman–Crippen MR) is 263 cm³/mol. The molecule has 2 amide bonds. The largest absolute Gasteiger partial charge is 0.460 e. The van der Waals surface area contributed by atoms with Crippen LogP contribution in [-0.4, -0.2) is 74.3 Å². The molecule has 14 nitrogen and oxygen atoms in total. The lowest BCUT2D eigenvalue weighted by Crippen LogP contribution is -2.38. The first kappa shape index (κ1) is 54.0. The highest BCUT2D eigenvalue weighted by molar-refractivity contribution is 7.93. The van der Waals surface area contributed by atoms with Crippen LogP contribution in [0.2, 0.25) is 0 Å². The highest BCUT2D eigenvalue weighted by Crippen LogP contribution is 2.58. The van der Waals surface area contributed by atoms with Crippen LogP contribution in [0.25, 0.3) is 0 Å². The summed E-state index contributed by atoms with van der Waals surface area (Å²) in [5, 5.41) is 6.78. The van der Waals surface area contributed by atoms with E-state index in [1.807, 2.05) is 0 Å². The maximum Gasteiger partial charge on any atom is 0.330 e. The average Bonchev–Trinajstić information content (AvgIpc) is 3.30. The number of ether oxygens (including phenoxy) is 4. The standard InChI is InChI=1S/C51H62N2O12P2/c1-12-36(8)67(60,64-14-3)51(58)46-33(5)30-34(6)47(38(46)10)52-43(54)31-42(65-39(11)62-27-25-61-26-28-63-44(55)13-2)49(56)53-48-35(7)29-32(4)45(37(48)9)50(57)66(59,40-21-17-15-18-22-40)41-23-19-16-20-24-41/h12-13,15-24,29-30,39,42H,2,14,25-28,31H2,1,3-11H3,(H,52,54)(H,53,56)/b36-12+. The number of allylic oxidation sites excluding steroid dienone is 2. The number of nitrogens with one attached hydrogen (secondary N) is 2. The summed E-state index contributed by atoms with van der Waals surface area (Å²) in [7, 11) is -7.91. The third kappa shape index (κ3) is 12.9. The molecule has 4 rings (SSSR count). The SMILES string of the molecule is C=CC(=O)OCCOCCOC(C)OC(CC(=O)Nc1c(C)cc(C)c(C(=O)P(=O)(OCC)/C(C)=C/C)c1C)C(=O)Nc1c(C)cc(C)c(C(=O)P(=O)(c2ccccc2)c2ccccc2)c1C. The predicted octanol–water partition coefficient (Wildman–Crippen LogP) is 9.53. The zero-order chi connectivity index (χ0) is 49.6. The Morgan fingerprint density at radius 1 is 0.716 bits per heavy atom. The lowest BCUT2D eigenvalue weighted by molar-refractivity contribution is -0.176. The smallest absolute Gasteiger partial charge is 0.330 e. The molecular weight excluding hydrogens is 895 g/mol. The fraction of sp³-hybridized carbons (Fsp3) is 0.353. The van der Waals surface area contributed by atoms with E-state index in [2.05, 4.69) is 17.2 Å². The molecule has 0 aromatic heterocycles. The van der Waals surface area contributed by atoms with Crippen LogP contribution in [0.15, 0.2) is 96.8 Å². The molecule has 0 aliphatic carbocycles. The third-order valence-corrected chi connectivity index (χ3v) is 16.5. The van der Waals surface area contributed by atoms with Crippen molar-refractivity contribution in [3.63, 3.8) is 0 Å². The minimum absolute atomic E-state index is 0.00627. The molecule has 0 saturated carbocycles. The van der Waals surface area contributed by atoms with Crippen LogP contribution in [0.5, 0.6) is 0 Å². The maximum atomic E-state index is 15.2. The van der Waals surface area contributed by atoms with E-state index in [0.717, 1.165) is 6.08 Å². The van der Waals surface area contributed by atoms with Gasteiger partial charge in [-0.2, -0.15) is 0 Å². The monoisotopic (exact) mass is 956 g/mol. The first-order valence-corrected chi connectivity index (χ1v) is 25.2. The van der Waals surface area contributed by atoms with Crippen molar-refractivity contribution in [1.29, 1.82) is 0 Å². The van der Waals surface area contributed by atoms with E-state index in [0.29, 0.717) is 49.3 Å². The van der Waals surface area contributed by atoms with Gasteiger partial charge in [-0.3, -0.25) is 23.7 Å². The van der Waals surface area contributed by atoms with Crippen molar-refractivity contribution in [3.8, 4) is 0 Å². The van der Waals surface area contributed by atoms with E-state index < -0.39 is 62.2 Å². The van der Waals surface area contributed by atoms with Crippen molar-refractivity contribution in [2.24, 2.45) is 0 Å². The Morgan fingerprint density at radius 3 is 1.73 bits per heavy atom. The van der Waals surface area contributed by atoms with Crippen LogP contribution in [0.1, 0.15) is 88.2 Å². The van der Waals surface area contributed by atoms with Crippen LogP contribution in [-0.2, 0) is 47.0 Å². The van der Waals surface area contributed by atoms with Gasteiger partial charge < -0.3 is 38.7 Å². The van der Waals surface area contributed by atoms with Crippen LogP contribution >= 0.6 is 14.5 Å². The molecule has 3 atom stereocenters. The molecule has 2 N–H and O–H groups in total. The van der Waals surface area contributed by atoms with Gasteiger partial charge in [-0.05, 0) is 103 Å². The Kier molecular flexibility index (Phi) is 19.7. The summed E-state index contributed by atoms with van der Waals surface area (Å²) in [5.74, 6) is -1.99. The number of carbonyl (C=O) groups is 5. The van der Waals surface area contributed by atoms with Crippen molar-refractivity contribution in [1.82, 2.24) is 0 Å². The molecule has 0 fully saturated rings. The van der Waals surface area contributed by atoms with Crippen molar-refractivity contribution in [2.75, 3.05) is 43.7 Å². The van der Waals surface area contributed by atoms with E-state index in [4.69, 9.17) is 23.5 Å². The fourth-order valence-electron chi connectivity index (χ4n) is 7.72. The molecule has 0 saturated heterocycles. The average molecular weight is 957 g/mol. The highest BCUT2D eigenvalue weighted by Gasteiger charge is 2.40. The van der Waals surface area contributed by atoms with Gasteiger partial charge in [0.1, 0.15) is 12.7 Å². The topological polar surface area (TPSA) is 190 Å². The third-order valence-electron chi connectivity index (χ3n) is 11.1. The molecular formula is C51H62N2O12P2. The molecule has 4 aromatic carbocycles. The first-order chi connectivity index (χ1) is 31.8. The minimum atomic E-state index is -3.96. The second-order valence-corrected chi connectivity index (χ2v) is 21.0. The number of benzene rings is 4. The molecule has 0 heterocycles. The molecule has 0 bridgehead atoms. The zero-order valence-electron chi connectivity index (χ0n) is 40.0. The van der Waals surface area contributed by atoms with Gasteiger partial charge in [0.05, 0.1) is 32.8 Å². The highest BCUT2D eigenvalue weighted by atomic mass is 31.2. The summed E-state index contributed by atoms with van der Waals surface area (Å²) in [6.45, 7) is 20.3. The van der Waals surface area contributed by atoms with E-state index in [9.17, 15) is 28.5 Å². The quantitative estimate of drug-likeness (QED) is 0.0223. The number of hydrogen-bond acceptors (Lipinski definition) is 12. The molecule has 16 heteroatoms. The summed E-state index contributed by atoms with van der Waals surface area (Å²) in [6.07, 6.45) is -0.463. The van der Waals surface area contributed by atoms with Crippen molar-refractivity contribution < 1.29 is 56.6 Å². The number of anilines is 2. The molecule has 0 aliphatic rings. The molecule has 0 aliphatic heterocycles. The van der Waals surface area contributed by atoms with Gasteiger partial charge in [0.25, 0.3) is 18.8 Å². The lowest BCUT2D eigenvalue weighted by atomic mass is 9.97. The zero-order valence-corrected chi connectivity index (χ0v) is 41.8. The van der Waals surface area contributed by atoms with Crippen LogP contribution < -0.4 is 21.2 Å². The number of carbonyl (C=O) groups excluding carboxylic acids is 5. The number of esters is 1. The summed E-state index contributed by atoms with van der Waals surface area (Å²) in [6, 6.07) is 20.6. The van der Waals surface area contributed by atoms with Crippen molar-refractivity contribution in [2.45, 2.75) is 88.1 Å². The van der Waals surface area contributed by atoms with Crippen LogP contribution in [0.4, 0.5) is 11.4 Å². The summed E-state index contributed by atoms with van der Waals surface area (Å²) < 4.78 is 57.1.